The molecule has 2 aliphatic heterocycles. The Bertz CT molecular complexity index is 889. The van der Waals surface area contributed by atoms with Crippen molar-refractivity contribution < 1.29 is 23.5 Å². The van der Waals surface area contributed by atoms with Crippen LogP contribution in [0.2, 0.25) is 0 Å². The third kappa shape index (κ3) is 3.64. The summed E-state index contributed by atoms with van der Waals surface area (Å²) >= 11 is 0. The second-order valence-corrected chi connectivity index (χ2v) is 6.43. The Kier molecular flexibility index (Phi) is 4.53. The van der Waals surface area contributed by atoms with Crippen molar-refractivity contribution >= 4 is 23.3 Å². The summed E-state index contributed by atoms with van der Waals surface area (Å²) in [6.07, 6.45) is 0.328. The van der Waals surface area contributed by atoms with Crippen molar-refractivity contribution in [3.8, 4) is 11.5 Å². The second kappa shape index (κ2) is 7.14. The van der Waals surface area contributed by atoms with E-state index in [0.29, 0.717) is 31.0 Å². The van der Waals surface area contributed by atoms with Gasteiger partial charge in [0.1, 0.15) is 5.82 Å². The predicted octanol–water partition coefficient (Wildman–Crippen LogP) is 2.73. The minimum absolute atomic E-state index is 0.0184. The molecule has 2 heterocycles. The number of carbonyl (C=O) groups is 2. The minimum Gasteiger partial charge on any atom is -0.454 e. The highest BCUT2D eigenvalue weighted by Crippen LogP contribution is 2.37. The fraction of sp³-hybridized carbons (Fsp3) is 0.263. The lowest BCUT2D eigenvalue weighted by Crippen LogP contribution is -2.34. The van der Waals surface area contributed by atoms with Crippen molar-refractivity contribution in [3.63, 3.8) is 0 Å². The van der Waals surface area contributed by atoms with E-state index in [1.54, 1.807) is 29.2 Å². The summed E-state index contributed by atoms with van der Waals surface area (Å²) in [5, 5.41) is 5.16. The predicted molar refractivity (Wildman–Crippen MR) is 96.4 cm³/mol. The van der Waals surface area contributed by atoms with Gasteiger partial charge < -0.3 is 25.0 Å². The lowest BCUT2D eigenvalue weighted by molar-refractivity contribution is -0.117. The number of carbonyl (C=O) groups excluding carboxylic acids is 2. The summed E-state index contributed by atoms with van der Waals surface area (Å²) < 4.78 is 24.2. The molecule has 0 spiro atoms. The number of ether oxygens (including phenoxy) is 2. The van der Waals surface area contributed by atoms with E-state index in [-0.39, 0.29) is 24.3 Å². The highest BCUT2D eigenvalue weighted by molar-refractivity contribution is 5.96. The molecule has 0 saturated carbocycles. The molecule has 0 radical (unpaired) electrons. The summed E-state index contributed by atoms with van der Waals surface area (Å²) in [6, 6.07) is 10.8. The zero-order chi connectivity index (χ0) is 18.8. The molecule has 1 atom stereocenters. The first-order valence-corrected chi connectivity index (χ1v) is 8.59. The van der Waals surface area contributed by atoms with Gasteiger partial charge in [-0.2, -0.15) is 0 Å². The molecule has 2 N–H and O–H groups in total. The smallest absolute Gasteiger partial charge is 0.319 e. The van der Waals surface area contributed by atoms with E-state index in [2.05, 4.69) is 10.6 Å². The zero-order valence-corrected chi connectivity index (χ0v) is 14.4. The molecule has 1 fully saturated rings. The van der Waals surface area contributed by atoms with E-state index in [9.17, 15) is 14.0 Å². The van der Waals surface area contributed by atoms with Gasteiger partial charge in [0.25, 0.3) is 0 Å². The van der Waals surface area contributed by atoms with Crippen LogP contribution in [0, 0.1) is 11.7 Å². The van der Waals surface area contributed by atoms with Crippen molar-refractivity contribution in [2.24, 2.45) is 5.92 Å². The number of rotatable bonds is 4. The third-order valence-electron chi connectivity index (χ3n) is 4.55. The Labute approximate surface area is 155 Å². The molecule has 0 bridgehead atoms. The molecule has 4 rings (SSSR count). The third-order valence-corrected chi connectivity index (χ3v) is 4.55. The lowest BCUT2D eigenvalue weighted by Gasteiger charge is -2.17. The molecule has 1 saturated heterocycles. The van der Waals surface area contributed by atoms with E-state index in [1.165, 1.54) is 12.1 Å². The monoisotopic (exact) mass is 371 g/mol. The number of nitrogens with one attached hydrogen (secondary N) is 2. The van der Waals surface area contributed by atoms with E-state index < -0.39 is 11.8 Å². The maximum Gasteiger partial charge on any atom is 0.319 e. The fourth-order valence-electron chi connectivity index (χ4n) is 3.19. The van der Waals surface area contributed by atoms with Gasteiger partial charge in [0.05, 0.1) is 5.69 Å². The molecule has 2 aliphatic rings. The molecule has 7 nitrogen and oxygen atoms in total. The van der Waals surface area contributed by atoms with Gasteiger partial charge in [-0.1, -0.05) is 12.1 Å². The van der Waals surface area contributed by atoms with Gasteiger partial charge >= 0.3 is 6.03 Å². The summed E-state index contributed by atoms with van der Waals surface area (Å²) in [5.41, 5.74) is 0.849. The number of halogens is 1. The van der Waals surface area contributed by atoms with Crippen molar-refractivity contribution in [2.45, 2.75) is 6.42 Å². The SMILES string of the molecule is O=C(NC[C@H]1CC(=O)N(c2ccc3c(c2)OCO3)C1)Nc1ccccc1F. The van der Waals surface area contributed by atoms with Crippen LogP contribution in [-0.2, 0) is 4.79 Å². The van der Waals surface area contributed by atoms with Crippen molar-refractivity contribution in [3.05, 3.63) is 48.3 Å². The quantitative estimate of drug-likeness (QED) is 0.866. The maximum atomic E-state index is 13.6. The van der Waals surface area contributed by atoms with Crippen molar-refractivity contribution in [1.82, 2.24) is 5.32 Å². The van der Waals surface area contributed by atoms with E-state index in [1.807, 2.05) is 6.07 Å². The highest BCUT2D eigenvalue weighted by Gasteiger charge is 2.31. The summed E-state index contributed by atoms with van der Waals surface area (Å²) in [5.74, 6) is 0.724. The second-order valence-electron chi connectivity index (χ2n) is 6.43. The van der Waals surface area contributed by atoms with Crippen LogP contribution in [0.4, 0.5) is 20.6 Å². The molecule has 140 valence electrons. The van der Waals surface area contributed by atoms with Gasteiger partial charge in [0.2, 0.25) is 12.7 Å². The van der Waals surface area contributed by atoms with Crippen LogP contribution in [0.3, 0.4) is 0 Å². The first kappa shape index (κ1) is 17.1. The number of para-hydroxylation sites is 1. The Balaban J connectivity index is 1.33. The van der Waals surface area contributed by atoms with Crippen LogP contribution < -0.4 is 25.0 Å². The zero-order valence-electron chi connectivity index (χ0n) is 14.4. The Morgan fingerprint density at radius 1 is 1.19 bits per heavy atom. The van der Waals surface area contributed by atoms with Gasteiger partial charge in [-0.3, -0.25) is 4.79 Å². The Hall–Kier alpha value is -3.29. The van der Waals surface area contributed by atoms with E-state index in [4.69, 9.17) is 9.47 Å². The van der Waals surface area contributed by atoms with E-state index >= 15 is 0 Å². The largest absolute Gasteiger partial charge is 0.454 e. The highest BCUT2D eigenvalue weighted by atomic mass is 19.1. The van der Waals surface area contributed by atoms with Crippen LogP contribution >= 0.6 is 0 Å². The summed E-state index contributed by atoms with van der Waals surface area (Å²) in [4.78, 5) is 26.0. The van der Waals surface area contributed by atoms with Crippen molar-refractivity contribution in [2.75, 3.05) is 30.1 Å². The number of amides is 3. The van der Waals surface area contributed by atoms with E-state index in [0.717, 1.165) is 5.69 Å². The molecule has 3 amide bonds. The Morgan fingerprint density at radius 2 is 2.00 bits per heavy atom. The number of anilines is 2. The molecule has 0 unspecified atom stereocenters. The lowest BCUT2D eigenvalue weighted by atomic mass is 10.1. The topological polar surface area (TPSA) is 79.9 Å². The van der Waals surface area contributed by atoms with Gasteiger partial charge in [-0.15, -0.1) is 0 Å². The molecule has 2 aromatic carbocycles. The molecule has 2 aromatic rings. The van der Waals surface area contributed by atoms with Gasteiger partial charge in [-0.25, -0.2) is 9.18 Å². The number of fused-ring (bicyclic) bond motifs is 1. The standard InChI is InChI=1S/C19H18FN3O4/c20-14-3-1-2-4-15(14)22-19(25)21-9-12-7-18(24)23(10-12)13-5-6-16-17(8-13)27-11-26-16/h1-6,8,12H,7,9-11H2,(H2,21,22,25)/t12-/m1/s1. The number of hydrogen-bond donors (Lipinski definition) is 2. The fourth-order valence-corrected chi connectivity index (χ4v) is 3.19. The number of nitrogens with zero attached hydrogens (tertiary/aromatic N) is 1. The molecular weight excluding hydrogens is 353 g/mol. The maximum absolute atomic E-state index is 13.6. The molecular formula is C19H18FN3O4. The van der Waals surface area contributed by atoms with Crippen LogP contribution in [0.25, 0.3) is 0 Å². The molecule has 0 aliphatic carbocycles. The van der Waals surface area contributed by atoms with Gasteiger partial charge in [0, 0.05) is 37.2 Å². The first-order valence-electron chi connectivity index (χ1n) is 8.59. The number of urea groups is 1. The number of benzene rings is 2. The minimum atomic E-state index is -0.505. The van der Waals surface area contributed by atoms with Gasteiger partial charge in [-0.05, 0) is 24.3 Å². The van der Waals surface area contributed by atoms with Crippen LogP contribution in [0.5, 0.6) is 11.5 Å². The molecule has 27 heavy (non-hydrogen) atoms. The van der Waals surface area contributed by atoms with Crippen LogP contribution in [0.15, 0.2) is 42.5 Å². The van der Waals surface area contributed by atoms with Gasteiger partial charge in [0.15, 0.2) is 11.5 Å². The molecule has 8 heteroatoms. The average Bonchev–Trinajstić information content (AvgIpc) is 3.27. The van der Waals surface area contributed by atoms with Crippen molar-refractivity contribution in [1.29, 1.82) is 0 Å². The molecule has 0 aromatic heterocycles. The first-order chi connectivity index (χ1) is 13.1. The summed E-state index contributed by atoms with van der Waals surface area (Å²) in [7, 11) is 0. The average molecular weight is 371 g/mol. The number of hydrogen-bond acceptors (Lipinski definition) is 4. The van der Waals surface area contributed by atoms with Crippen LogP contribution in [0.1, 0.15) is 6.42 Å². The normalized spacial score (nSPS) is 17.9. The van der Waals surface area contributed by atoms with Crippen LogP contribution in [-0.4, -0.2) is 31.8 Å². The Morgan fingerprint density at radius 3 is 2.85 bits per heavy atom. The summed E-state index contributed by atoms with van der Waals surface area (Å²) in [6.45, 7) is 0.974.